The Morgan fingerprint density at radius 2 is 1.62 bits per heavy atom. The van der Waals surface area contributed by atoms with E-state index in [9.17, 15) is 4.79 Å². The monoisotopic (exact) mass is 322 g/mol. The third kappa shape index (κ3) is 4.00. The second kappa shape index (κ2) is 6.66. The predicted octanol–water partition coefficient (Wildman–Crippen LogP) is 4.52. The van der Waals surface area contributed by atoms with Crippen LogP contribution >= 0.6 is 23.2 Å². The molecule has 3 nitrogen and oxygen atoms in total. The zero-order chi connectivity index (χ0) is 15.4. The minimum atomic E-state index is -1.04. The van der Waals surface area contributed by atoms with Crippen LogP contribution in [-0.2, 0) is 4.79 Å². The molecule has 0 heterocycles. The fourth-order valence-corrected chi connectivity index (χ4v) is 2.46. The molecule has 108 valence electrons. The number of hydrogen-bond donors (Lipinski definition) is 1. The molecule has 0 saturated carbocycles. The summed E-state index contributed by atoms with van der Waals surface area (Å²) >= 11 is 12.0. The van der Waals surface area contributed by atoms with Crippen molar-refractivity contribution in [2.24, 2.45) is 0 Å². The molecule has 0 saturated heterocycles. The average molecular weight is 323 g/mol. The zero-order valence-electron chi connectivity index (χ0n) is 11.1. The molecule has 0 bridgehead atoms. The van der Waals surface area contributed by atoms with Crippen molar-refractivity contribution in [2.45, 2.75) is 0 Å². The van der Waals surface area contributed by atoms with Crippen molar-refractivity contribution < 1.29 is 14.6 Å². The molecule has 2 aromatic rings. The van der Waals surface area contributed by atoms with Crippen molar-refractivity contribution in [3.63, 3.8) is 0 Å². The summed E-state index contributed by atoms with van der Waals surface area (Å²) in [7, 11) is 1.57. The zero-order valence-corrected chi connectivity index (χ0v) is 12.7. The van der Waals surface area contributed by atoms with Gasteiger partial charge in [0.15, 0.2) is 0 Å². The Morgan fingerprint density at radius 1 is 1.05 bits per heavy atom. The maximum atomic E-state index is 11.1. The molecule has 0 aliphatic carbocycles. The molecule has 0 fully saturated rings. The van der Waals surface area contributed by atoms with Crippen LogP contribution in [-0.4, -0.2) is 18.2 Å². The lowest BCUT2D eigenvalue weighted by Gasteiger charge is -2.10. The molecule has 0 unspecified atom stereocenters. The van der Waals surface area contributed by atoms with Gasteiger partial charge in [0.25, 0.3) is 0 Å². The maximum absolute atomic E-state index is 11.1. The number of carbonyl (C=O) groups is 1. The number of halogens is 2. The van der Waals surface area contributed by atoms with Crippen LogP contribution in [0.4, 0.5) is 0 Å². The van der Waals surface area contributed by atoms with Gasteiger partial charge in [0.2, 0.25) is 0 Å². The molecule has 0 spiro atoms. The summed E-state index contributed by atoms with van der Waals surface area (Å²) in [6, 6.07) is 12.0. The Kier molecular flexibility index (Phi) is 4.89. The number of rotatable bonds is 4. The van der Waals surface area contributed by atoms with E-state index < -0.39 is 5.97 Å². The highest BCUT2D eigenvalue weighted by atomic mass is 35.5. The van der Waals surface area contributed by atoms with Gasteiger partial charge in [0, 0.05) is 16.1 Å². The summed E-state index contributed by atoms with van der Waals surface area (Å²) in [6.07, 6.45) is 1.13. The largest absolute Gasteiger partial charge is 0.497 e. The van der Waals surface area contributed by atoms with Crippen LogP contribution in [0.3, 0.4) is 0 Å². The van der Waals surface area contributed by atoms with Crippen molar-refractivity contribution in [1.82, 2.24) is 0 Å². The quantitative estimate of drug-likeness (QED) is 0.842. The molecule has 0 aromatic heterocycles. The van der Waals surface area contributed by atoms with Crippen LogP contribution < -0.4 is 4.74 Å². The van der Waals surface area contributed by atoms with Gasteiger partial charge >= 0.3 is 5.97 Å². The van der Waals surface area contributed by atoms with E-state index in [2.05, 4.69) is 0 Å². The lowest BCUT2D eigenvalue weighted by atomic mass is 9.97. The lowest BCUT2D eigenvalue weighted by Crippen LogP contribution is -1.95. The van der Waals surface area contributed by atoms with Gasteiger partial charge in [-0.05, 0) is 47.0 Å². The molecule has 5 heteroatoms. The fraction of sp³-hybridized carbons (Fsp3) is 0.0625. The van der Waals surface area contributed by atoms with E-state index in [0.717, 1.165) is 11.6 Å². The predicted molar refractivity (Wildman–Crippen MR) is 84.2 cm³/mol. The smallest absolute Gasteiger partial charge is 0.328 e. The summed E-state index contributed by atoms with van der Waals surface area (Å²) in [5.74, 6) is -0.352. The van der Waals surface area contributed by atoms with Crippen molar-refractivity contribution in [3.05, 3.63) is 69.7 Å². The third-order valence-corrected chi connectivity index (χ3v) is 3.28. The first-order chi connectivity index (χ1) is 9.99. The van der Waals surface area contributed by atoms with Gasteiger partial charge in [-0.1, -0.05) is 35.3 Å². The van der Waals surface area contributed by atoms with Crippen LogP contribution in [0.2, 0.25) is 10.0 Å². The van der Waals surface area contributed by atoms with Crippen molar-refractivity contribution in [1.29, 1.82) is 0 Å². The van der Waals surface area contributed by atoms with E-state index in [-0.39, 0.29) is 0 Å². The highest BCUT2D eigenvalue weighted by Gasteiger charge is 2.10. The van der Waals surface area contributed by atoms with Crippen LogP contribution in [0, 0.1) is 0 Å². The Balaban J connectivity index is 2.55. The molecule has 0 atom stereocenters. The number of carboxylic acid groups (broad SMARTS) is 1. The van der Waals surface area contributed by atoms with E-state index in [0.29, 0.717) is 26.9 Å². The van der Waals surface area contributed by atoms with Gasteiger partial charge in [-0.25, -0.2) is 4.79 Å². The molecular formula is C16H12Cl2O3. The Hall–Kier alpha value is -1.97. The normalized spacial score (nSPS) is 11.3. The van der Waals surface area contributed by atoms with E-state index in [4.69, 9.17) is 33.0 Å². The van der Waals surface area contributed by atoms with Gasteiger partial charge in [-0.2, -0.15) is 0 Å². The van der Waals surface area contributed by atoms with Crippen molar-refractivity contribution >= 4 is 34.7 Å². The average Bonchev–Trinajstić information content (AvgIpc) is 2.43. The summed E-state index contributed by atoms with van der Waals surface area (Å²) in [4.78, 5) is 11.1. The molecule has 21 heavy (non-hydrogen) atoms. The molecule has 1 N–H and O–H groups in total. The van der Waals surface area contributed by atoms with Gasteiger partial charge < -0.3 is 9.84 Å². The summed E-state index contributed by atoms with van der Waals surface area (Å²) in [5, 5.41) is 9.97. The molecule has 2 aromatic carbocycles. The first kappa shape index (κ1) is 15.4. The number of benzene rings is 2. The Labute approximate surface area is 132 Å². The highest BCUT2D eigenvalue weighted by Crippen LogP contribution is 2.29. The summed E-state index contributed by atoms with van der Waals surface area (Å²) in [5.41, 5.74) is 1.89. The maximum Gasteiger partial charge on any atom is 0.328 e. The van der Waals surface area contributed by atoms with Gasteiger partial charge in [0.1, 0.15) is 5.75 Å². The van der Waals surface area contributed by atoms with Crippen LogP contribution in [0.15, 0.2) is 48.5 Å². The summed E-state index contributed by atoms with van der Waals surface area (Å²) < 4.78 is 5.10. The second-order valence-electron chi connectivity index (χ2n) is 4.28. The first-order valence-corrected chi connectivity index (χ1v) is 6.80. The molecule has 0 amide bonds. The number of hydrogen-bond acceptors (Lipinski definition) is 2. The Bertz CT molecular complexity index is 671. The molecule has 0 radical (unpaired) electrons. The molecule has 2 rings (SSSR count). The standard InChI is InChI=1S/C16H12Cl2O3/c1-21-14-4-2-10(3-5-14)15(9-16(19)20)11-6-12(17)8-13(18)7-11/h2-9H,1H3,(H,19,20). The second-order valence-corrected chi connectivity index (χ2v) is 5.16. The number of ether oxygens (including phenoxy) is 1. The number of carboxylic acids is 1. The van der Waals surface area contributed by atoms with E-state index in [1.165, 1.54) is 0 Å². The van der Waals surface area contributed by atoms with Crippen molar-refractivity contribution in [3.8, 4) is 5.75 Å². The minimum Gasteiger partial charge on any atom is -0.497 e. The van der Waals surface area contributed by atoms with E-state index in [1.54, 1.807) is 49.6 Å². The van der Waals surface area contributed by atoms with Crippen molar-refractivity contribution in [2.75, 3.05) is 7.11 Å². The topological polar surface area (TPSA) is 46.5 Å². The summed E-state index contributed by atoms with van der Waals surface area (Å²) in [6.45, 7) is 0. The van der Waals surface area contributed by atoms with E-state index >= 15 is 0 Å². The number of methoxy groups -OCH3 is 1. The molecular weight excluding hydrogens is 311 g/mol. The minimum absolute atomic E-state index is 0.447. The lowest BCUT2D eigenvalue weighted by molar-refractivity contribution is -0.131. The van der Waals surface area contributed by atoms with Crippen LogP contribution in [0.1, 0.15) is 11.1 Å². The SMILES string of the molecule is COc1ccc(C(=CC(=O)O)c2cc(Cl)cc(Cl)c2)cc1. The molecule has 0 aliphatic rings. The Morgan fingerprint density at radius 3 is 2.10 bits per heavy atom. The first-order valence-electron chi connectivity index (χ1n) is 6.05. The third-order valence-electron chi connectivity index (χ3n) is 2.84. The van der Waals surface area contributed by atoms with Gasteiger partial charge in [-0.15, -0.1) is 0 Å². The van der Waals surface area contributed by atoms with Crippen LogP contribution in [0.5, 0.6) is 5.75 Å². The van der Waals surface area contributed by atoms with Gasteiger partial charge in [0.05, 0.1) is 7.11 Å². The molecule has 0 aliphatic heterocycles. The highest BCUT2D eigenvalue weighted by molar-refractivity contribution is 6.35. The van der Waals surface area contributed by atoms with E-state index in [1.807, 2.05) is 0 Å². The fourth-order valence-electron chi connectivity index (χ4n) is 1.94. The van der Waals surface area contributed by atoms with Gasteiger partial charge in [-0.3, -0.25) is 0 Å². The number of aliphatic carboxylic acids is 1. The van der Waals surface area contributed by atoms with Crippen LogP contribution in [0.25, 0.3) is 5.57 Å².